The van der Waals surface area contributed by atoms with Crippen LogP contribution in [-0.4, -0.2) is 56.9 Å². The number of carboxylic acids is 1. The number of aromatic nitrogens is 1. The van der Waals surface area contributed by atoms with Gasteiger partial charge < -0.3 is 65.9 Å². The number of phenolic OH excluding ortho intramolecular Hbond substituents is 8. The minimum absolute atomic E-state index is 0.0553. The molecule has 0 saturated carbocycles. The Morgan fingerprint density at radius 1 is 0.471 bits per heavy atom. The van der Waals surface area contributed by atoms with Crippen molar-refractivity contribution in [2.45, 2.75) is 0 Å². The number of hydrogen-bond donors (Lipinski definition) is 10. The maximum Gasteiger partial charge on any atom is 0.335 e. The summed E-state index contributed by atoms with van der Waals surface area (Å²) < 4.78 is 16.4. The van der Waals surface area contributed by atoms with E-state index in [1.807, 2.05) is 0 Å². The Morgan fingerprint density at radius 2 is 0.882 bits per heavy atom. The van der Waals surface area contributed by atoms with Gasteiger partial charge in [-0.1, -0.05) is 18.2 Å². The second kappa shape index (κ2) is 16.4. The Kier molecular flexibility index (Phi) is 11.6. The van der Waals surface area contributed by atoms with E-state index < -0.39 is 11.7 Å². The van der Waals surface area contributed by atoms with E-state index in [2.05, 4.69) is 4.98 Å². The molecule has 6 rings (SSSR count). The van der Waals surface area contributed by atoms with E-state index in [0.29, 0.717) is 17.2 Å². The molecule has 0 saturated heterocycles. The van der Waals surface area contributed by atoms with Crippen molar-refractivity contribution in [3.05, 3.63) is 121 Å². The fourth-order valence-corrected chi connectivity index (χ4v) is 3.81. The van der Waals surface area contributed by atoms with Crippen molar-refractivity contribution in [1.82, 2.24) is 4.98 Å². The van der Waals surface area contributed by atoms with Crippen LogP contribution in [0.2, 0.25) is 0 Å². The van der Waals surface area contributed by atoms with Gasteiger partial charge in [-0.2, -0.15) is 4.98 Å². The first-order valence-corrected chi connectivity index (χ1v) is 14.5. The minimum atomic E-state index is -1.14. The summed E-state index contributed by atoms with van der Waals surface area (Å²) in [5.74, 6) is -1.50. The van der Waals surface area contributed by atoms with Gasteiger partial charge in [0.25, 0.3) is 0 Å². The number of nitrogens with zero attached hydrogens (tertiary/aromatic N) is 1. The molecule has 6 aromatic rings. The number of aromatic carboxylic acids is 1. The van der Waals surface area contributed by atoms with Gasteiger partial charge in [-0.15, -0.1) is 0 Å². The maximum atomic E-state index is 10.3. The number of anilines is 1. The molecule has 0 radical (unpaired) electrons. The Bertz CT molecular complexity index is 2070. The molecule has 262 valence electrons. The third-order valence-corrected chi connectivity index (χ3v) is 6.35. The van der Waals surface area contributed by atoms with Crippen molar-refractivity contribution in [3.63, 3.8) is 0 Å². The molecule has 0 spiro atoms. The van der Waals surface area contributed by atoms with Gasteiger partial charge in [-0.05, 0) is 66.7 Å². The number of phenols is 8. The van der Waals surface area contributed by atoms with Crippen molar-refractivity contribution in [2.75, 3.05) is 5.73 Å². The molecule has 0 aliphatic carbocycles. The highest BCUT2D eigenvalue weighted by Gasteiger charge is 2.09. The fourth-order valence-electron chi connectivity index (χ4n) is 3.81. The number of para-hydroxylation sites is 2. The average molecular weight is 699 g/mol. The zero-order valence-electron chi connectivity index (χ0n) is 26.2. The summed E-state index contributed by atoms with van der Waals surface area (Å²) in [7, 11) is 0. The first kappa shape index (κ1) is 36.2. The van der Waals surface area contributed by atoms with E-state index in [-0.39, 0.29) is 69.1 Å². The number of hydrogen-bond acceptors (Lipinski definition) is 14. The molecule has 11 N–H and O–H groups in total. The molecule has 0 amide bonds. The van der Waals surface area contributed by atoms with Gasteiger partial charge in [0, 0.05) is 30.3 Å². The number of ether oxygens (including phenoxy) is 3. The zero-order chi connectivity index (χ0) is 37.1. The van der Waals surface area contributed by atoms with E-state index >= 15 is 0 Å². The van der Waals surface area contributed by atoms with Crippen LogP contribution in [-0.2, 0) is 0 Å². The highest BCUT2D eigenvalue weighted by molar-refractivity contribution is 5.88. The lowest BCUT2D eigenvalue weighted by Crippen LogP contribution is -1.94. The predicted octanol–water partition coefficient (Wildman–Crippen LogP) is 6.76. The fraction of sp³-hybridized carbons (Fsp3) is 0. The van der Waals surface area contributed by atoms with E-state index in [0.717, 1.165) is 12.1 Å². The van der Waals surface area contributed by atoms with Crippen LogP contribution < -0.4 is 19.9 Å². The van der Waals surface area contributed by atoms with Crippen LogP contribution in [0.1, 0.15) is 10.4 Å². The van der Waals surface area contributed by atoms with Gasteiger partial charge in [0.15, 0.2) is 46.0 Å². The van der Waals surface area contributed by atoms with Crippen LogP contribution in [0.25, 0.3) is 0 Å². The van der Waals surface area contributed by atoms with E-state index in [1.54, 1.807) is 48.5 Å². The number of aromatic hydroxyl groups is 8. The quantitative estimate of drug-likeness (QED) is 0.0610. The Labute approximate surface area is 288 Å². The van der Waals surface area contributed by atoms with Crippen LogP contribution in [0.4, 0.5) is 5.69 Å². The molecule has 51 heavy (non-hydrogen) atoms. The number of benzene rings is 5. The third-order valence-electron chi connectivity index (χ3n) is 6.35. The Morgan fingerprint density at radius 3 is 1.29 bits per heavy atom. The number of pyridine rings is 1. The summed E-state index contributed by atoms with van der Waals surface area (Å²) in [4.78, 5) is 14.4. The summed E-state index contributed by atoms with van der Waals surface area (Å²) in [6, 6.07) is 27.4. The molecule has 0 unspecified atom stereocenters. The predicted molar refractivity (Wildman–Crippen MR) is 181 cm³/mol. The van der Waals surface area contributed by atoms with Gasteiger partial charge in [0.1, 0.15) is 23.0 Å². The average Bonchev–Trinajstić information content (AvgIpc) is 3.09. The molecule has 15 heteroatoms. The minimum Gasteiger partial charge on any atom is -0.504 e. The van der Waals surface area contributed by atoms with Gasteiger partial charge in [-0.3, -0.25) is 0 Å². The molecule has 15 nitrogen and oxygen atoms in total. The summed E-state index contributed by atoms with van der Waals surface area (Å²) >= 11 is 0. The highest BCUT2D eigenvalue weighted by atomic mass is 16.5. The maximum absolute atomic E-state index is 10.3. The largest absolute Gasteiger partial charge is 0.504 e. The SMILES string of the molecule is Nc1ccccc1Oc1ccc(O)c(O)c1.O=C(O)c1ccc(O)c(O)c1.Oc1ccc(Oc2cccc(Oc3ccc(O)c(O)c3)n2)cc1O. The lowest BCUT2D eigenvalue weighted by Gasteiger charge is -2.09. The molecule has 1 aromatic heterocycles. The summed E-state index contributed by atoms with van der Waals surface area (Å²) in [5.41, 5.74) is 6.15. The van der Waals surface area contributed by atoms with Crippen molar-refractivity contribution >= 4 is 11.7 Å². The summed E-state index contributed by atoms with van der Waals surface area (Å²) in [6.45, 7) is 0. The first-order valence-electron chi connectivity index (χ1n) is 14.5. The normalized spacial score (nSPS) is 10.0. The lowest BCUT2D eigenvalue weighted by molar-refractivity contribution is 0.0696. The van der Waals surface area contributed by atoms with E-state index in [9.17, 15) is 30.3 Å². The van der Waals surface area contributed by atoms with Crippen LogP contribution in [0.3, 0.4) is 0 Å². The smallest absolute Gasteiger partial charge is 0.335 e. The van der Waals surface area contributed by atoms with Gasteiger partial charge in [0.05, 0.1) is 11.3 Å². The zero-order valence-corrected chi connectivity index (χ0v) is 26.2. The second-order valence-electron chi connectivity index (χ2n) is 10.1. The number of nitrogen functional groups attached to an aromatic ring is 1. The summed E-state index contributed by atoms with van der Waals surface area (Å²) in [6.07, 6.45) is 0. The van der Waals surface area contributed by atoms with Gasteiger partial charge in [-0.25, -0.2) is 4.79 Å². The molecule has 0 aliphatic heterocycles. The van der Waals surface area contributed by atoms with E-state index in [4.69, 9.17) is 40.4 Å². The molecule has 0 aliphatic rings. The standard InChI is InChI=1S/C17H13NO6.C12H11NO3.C7H6O4/c19-12-6-4-10(8-14(12)21)23-16-2-1-3-17(18-16)24-11-5-7-13(20)15(22)9-11;13-9-3-1-2-4-12(9)16-8-5-6-10(14)11(15)7-8;8-5-2-1-4(7(10)11)3-6(5)9/h1-9,19-22H;1-7,14-15H,13H2;1-3,8-9H,(H,10,11). The topological polar surface area (TPSA) is 266 Å². The van der Waals surface area contributed by atoms with Gasteiger partial charge >= 0.3 is 5.97 Å². The van der Waals surface area contributed by atoms with Crippen LogP contribution in [0, 0.1) is 0 Å². The molecule has 0 bridgehead atoms. The third kappa shape index (κ3) is 10.4. The molecule has 0 fully saturated rings. The van der Waals surface area contributed by atoms with Crippen LogP contribution >= 0.6 is 0 Å². The Hall–Kier alpha value is -7.68. The number of rotatable bonds is 7. The molecular weight excluding hydrogens is 668 g/mol. The van der Waals surface area contributed by atoms with Crippen LogP contribution in [0.15, 0.2) is 115 Å². The monoisotopic (exact) mass is 698 g/mol. The van der Waals surface area contributed by atoms with Gasteiger partial charge in [0.2, 0.25) is 11.8 Å². The van der Waals surface area contributed by atoms with Crippen molar-refractivity contribution < 1.29 is 65.0 Å². The van der Waals surface area contributed by atoms with E-state index in [1.165, 1.54) is 54.6 Å². The number of nitrogens with two attached hydrogens (primary N) is 1. The van der Waals surface area contributed by atoms with Crippen molar-refractivity contribution in [2.24, 2.45) is 0 Å². The highest BCUT2D eigenvalue weighted by Crippen LogP contribution is 2.35. The lowest BCUT2D eigenvalue weighted by atomic mass is 10.2. The molecule has 5 aromatic carbocycles. The summed E-state index contributed by atoms with van der Waals surface area (Å²) in [5, 5.41) is 81.9. The second-order valence-corrected chi connectivity index (χ2v) is 10.1. The molecular formula is C36H30N2O13. The number of carbonyl (C=O) groups is 1. The number of carboxylic acid groups (broad SMARTS) is 1. The van der Waals surface area contributed by atoms with Crippen LogP contribution in [0.5, 0.6) is 80.8 Å². The Balaban J connectivity index is 0.000000186. The first-order chi connectivity index (χ1) is 24.3. The molecule has 1 heterocycles. The van der Waals surface area contributed by atoms with Crippen molar-refractivity contribution in [3.8, 4) is 80.8 Å². The molecule has 0 atom stereocenters. The van der Waals surface area contributed by atoms with Crippen molar-refractivity contribution in [1.29, 1.82) is 0 Å².